The largest absolute Gasteiger partial charge is 0.119 e. The van der Waals surface area contributed by atoms with Crippen LogP contribution in [0, 0.1) is 29.1 Å². The van der Waals surface area contributed by atoms with Gasteiger partial charge in [0.15, 0.2) is 0 Å². The number of rotatable bonds is 1. The van der Waals surface area contributed by atoms with Gasteiger partial charge in [-0.25, -0.2) is 0 Å². The van der Waals surface area contributed by atoms with Crippen molar-refractivity contribution in [2.75, 3.05) is 0 Å². The fourth-order valence-corrected chi connectivity index (χ4v) is 2.90. The molecule has 2 rings (SSSR count). The van der Waals surface area contributed by atoms with E-state index in [-0.39, 0.29) is 0 Å². The molecule has 2 saturated carbocycles. The molecule has 1 spiro atoms. The van der Waals surface area contributed by atoms with E-state index < -0.39 is 0 Å². The molecule has 0 N–H and O–H groups in total. The lowest BCUT2D eigenvalue weighted by Gasteiger charge is -2.32. The predicted octanol–water partition coefficient (Wildman–Crippen LogP) is 2.84. The van der Waals surface area contributed by atoms with Crippen LogP contribution in [0.1, 0.15) is 39.5 Å². The van der Waals surface area contributed by atoms with Gasteiger partial charge in [-0.1, -0.05) is 26.2 Å². The first-order valence-corrected chi connectivity index (χ1v) is 4.65. The Kier molecular flexibility index (Phi) is 1.20. The minimum Gasteiger partial charge on any atom is -0.119 e. The molecule has 0 radical (unpaired) electrons. The standard InChI is InChI=1S/C11H16/c1-4-11(9(2)3)8-10(11)6-5-7-10/h1,9H,5-8H2,2-3H3. The summed E-state index contributed by atoms with van der Waals surface area (Å²) in [7, 11) is 0. The SMILES string of the molecule is C#CC1(C(C)C)CC12CCC2. The van der Waals surface area contributed by atoms with Gasteiger partial charge in [-0.3, -0.25) is 0 Å². The van der Waals surface area contributed by atoms with Gasteiger partial charge in [0, 0.05) is 5.41 Å². The monoisotopic (exact) mass is 148 g/mol. The molecular formula is C11H16. The molecule has 2 aliphatic carbocycles. The normalized spacial score (nSPS) is 38.4. The van der Waals surface area contributed by atoms with Gasteiger partial charge in [0.1, 0.15) is 0 Å². The van der Waals surface area contributed by atoms with Gasteiger partial charge in [0.25, 0.3) is 0 Å². The van der Waals surface area contributed by atoms with E-state index in [0.717, 1.165) is 0 Å². The molecular weight excluding hydrogens is 132 g/mol. The molecule has 0 heteroatoms. The van der Waals surface area contributed by atoms with Crippen molar-refractivity contribution in [2.24, 2.45) is 16.7 Å². The fourth-order valence-electron chi connectivity index (χ4n) is 2.90. The molecule has 0 nitrogen and oxygen atoms in total. The second-order valence-electron chi connectivity index (χ2n) is 4.58. The first-order chi connectivity index (χ1) is 5.17. The summed E-state index contributed by atoms with van der Waals surface area (Å²) < 4.78 is 0. The average Bonchev–Trinajstić information content (AvgIpc) is 2.56. The van der Waals surface area contributed by atoms with Crippen molar-refractivity contribution in [2.45, 2.75) is 39.5 Å². The van der Waals surface area contributed by atoms with Crippen LogP contribution in [0.3, 0.4) is 0 Å². The Hall–Kier alpha value is -0.440. The van der Waals surface area contributed by atoms with Crippen molar-refractivity contribution < 1.29 is 0 Å². The van der Waals surface area contributed by atoms with Gasteiger partial charge >= 0.3 is 0 Å². The quantitative estimate of drug-likeness (QED) is 0.502. The summed E-state index contributed by atoms with van der Waals surface area (Å²) in [6.07, 6.45) is 11.1. The highest BCUT2D eigenvalue weighted by Gasteiger charge is 2.69. The highest BCUT2D eigenvalue weighted by Crippen LogP contribution is 2.76. The molecule has 1 unspecified atom stereocenters. The second kappa shape index (κ2) is 1.83. The third kappa shape index (κ3) is 0.625. The maximum atomic E-state index is 5.60. The van der Waals surface area contributed by atoms with Crippen LogP contribution in [-0.2, 0) is 0 Å². The van der Waals surface area contributed by atoms with Gasteiger partial charge in [-0.2, -0.15) is 0 Å². The molecule has 0 aromatic carbocycles. The van der Waals surface area contributed by atoms with E-state index >= 15 is 0 Å². The zero-order valence-corrected chi connectivity index (χ0v) is 7.48. The van der Waals surface area contributed by atoms with Gasteiger partial charge in [0.05, 0.1) is 0 Å². The topological polar surface area (TPSA) is 0 Å². The zero-order valence-electron chi connectivity index (χ0n) is 7.48. The van der Waals surface area contributed by atoms with E-state index in [2.05, 4.69) is 19.8 Å². The maximum absolute atomic E-state index is 5.60. The van der Waals surface area contributed by atoms with Crippen LogP contribution in [0.15, 0.2) is 0 Å². The Morgan fingerprint density at radius 3 is 2.09 bits per heavy atom. The van der Waals surface area contributed by atoms with Gasteiger partial charge in [-0.05, 0) is 30.6 Å². The first-order valence-electron chi connectivity index (χ1n) is 4.65. The summed E-state index contributed by atoms with van der Waals surface area (Å²) in [4.78, 5) is 0. The van der Waals surface area contributed by atoms with E-state index in [1.54, 1.807) is 0 Å². The molecule has 0 aliphatic heterocycles. The fraction of sp³-hybridized carbons (Fsp3) is 0.818. The van der Waals surface area contributed by atoms with Crippen LogP contribution in [0.5, 0.6) is 0 Å². The molecule has 0 aromatic heterocycles. The van der Waals surface area contributed by atoms with Crippen molar-refractivity contribution >= 4 is 0 Å². The third-order valence-electron chi connectivity index (χ3n) is 3.99. The molecule has 2 fully saturated rings. The minimum atomic E-state index is 0.311. The molecule has 60 valence electrons. The molecule has 1 atom stereocenters. The molecule has 0 saturated heterocycles. The van der Waals surface area contributed by atoms with Crippen molar-refractivity contribution in [3.8, 4) is 12.3 Å². The first kappa shape index (κ1) is 7.22. The number of hydrogen-bond donors (Lipinski definition) is 0. The molecule has 2 aliphatic rings. The summed E-state index contributed by atoms with van der Waals surface area (Å²) in [6, 6.07) is 0. The Morgan fingerprint density at radius 1 is 1.36 bits per heavy atom. The van der Waals surface area contributed by atoms with Gasteiger partial charge in [0.2, 0.25) is 0 Å². The van der Waals surface area contributed by atoms with Crippen molar-refractivity contribution in [3.05, 3.63) is 0 Å². The highest BCUT2D eigenvalue weighted by atomic mass is 14.7. The molecule has 0 bridgehead atoms. The van der Waals surface area contributed by atoms with Crippen molar-refractivity contribution in [1.29, 1.82) is 0 Å². The van der Waals surface area contributed by atoms with E-state index in [4.69, 9.17) is 6.42 Å². The maximum Gasteiger partial charge on any atom is 0.0397 e. The highest BCUT2D eigenvalue weighted by molar-refractivity contribution is 5.30. The lowest BCUT2D eigenvalue weighted by atomic mass is 9.72. The van der Waals surface area contributed by atoms with Crippen LogP contribution in [0.4, 0.5) is 0 Å². The third-order valence-corrected chi connectivity index (χ3v) is 3.99. The molecule has 0 aromatic rings. The number of terminal acetylenes is 1. The van der Waals surface area contributed by atoms with Gasteiger partial charge < -0.3 is 0 Å². The lowest BCUT2D eigenvalue weighted by molar-refractivity contribution is 0.201. The van der Waals surface area contributed by atoms with Gasteiger partial charge in [-0.15, -0.1) is 6.42 Å². The predicted molar refractivity (Wildman–Crippen MR) is 47.0 cm³/mol. The lowest BCUT2D eigenvalue weighted by Crippen LogP contribution is -2.24. The van der Waals surface area contributed by atoms with E-state index in [1.807, 2.05) is 0 Å². The van der Waals surface area contributed by atoms with E-state index in [0.29, 0.717) is 16.7 Å². The Bertz CT molecular complexity index is 215. The summed E-state index contributed by atoms with van der Waals surface area (Å²) in [5.74, 6) is 3.73. The summed E-state index contributed by atoms with van der Waals surface area (Å²) >= 11 is 0. The van der Waals surface area contributed by atoms with Crippen LogP contribution >= 0.6 is 0 Å². The zero-order chi connectivity index (χ0) is 8.11. The minimum absolute atomic E-state index is 0.311. The smallest absolute Gasteiger partial charge is 0.0397 e. The van der Waals surface area contributed by atoms with Crippen molar-refractivity contribution in [3.63, 3.8) is 0 Å². The molecule has 0 heterocycles. The van der Waals surface area contributed by atoms with Crippen LogP contribution < -0.4 is 0 Å². The molecule has 0 amide bonds. The summed E-state index contributed by atoms with van der Waals surface area (Å²) in [6.45, 7) is 4.54. The Balaban J connectivity index is 2.19. The average molecular weight is 148 g/mol. The summed E-state index contributed by atoms with van der Waals surface area (Å²) in [5.41, 5.74) is 0.932. The number of hydrogen-bond acceptors (Lipinski definition) is 0. The summed E-state index contributed by atoms with van der Waals surface area (Å²) in [5, 5.41) is 0. The Morgan fingerprint density at radius 2 is 2.00 bits per heavy atom. The van der Waals surface area contributed by atoms with E-state index in [1.165, 1.54) is 25.7 Å². The van der Waals surface area contributed by atoms with Crippen LogP contribution in [-0.4, -0.2) is 0 Å². The Labute approximate surface area is 69.4 Å². The van der Waals surface area contributed by atoms with Crippen molar-refractivity contribution in [1.82, 2.24) is 0 Å². The molecule has 11 heavy (non-hydrogen) atoms. The second-order valence-corrected chi connectivity index (χ2v) is 4.58. The van der Waals surface area contributed by atoms with Crippen LogP contribution in [0.25, 0.3) is 0 Å². The van der Waals surface area contributed by atoms with Crippen LogP contribution in [0.2, 0.25) is 0 Å². The van der Waals surface area contributed by atoms with E-state index in [9.17, 15) is 0 Å².